The van der Waals surface area contributed by atoms with Crippen LogP contribution in [0.15, 0.2) is 0 Å². The molecule has 2 amide bonds. The van der Waals surface area contributed by atoms with Crippen molar-refractivity contribution in [1.29, 1.82) is 0 Å². The van der Waals surface area contributed by atoms with Gasteiger partial charge in [0.05, 0.1) is 0 Å². The summed E-state index contributed by atoms with van der Waals surface area (Å²) >= 11 is 1.74. The number of nitrogens with one attached hydrogen (secondary N) is 2. The standard InChI is InChI=1S/C8H16N2OS/c1-6(5-12-2)9-8(11)10-7-3-4-7/h6-7H,3-5H2,1-2H3,(H2,9,10,11). The second-order valence-electron chi connectivity index (χ2n) is 3.25. The van der Waals surface area contributed by atoms with Crippen LogP contribution in [0.4, 0.5) is 4.79 Å². The molecule has 12 heavy (non-hydrogen) atoms. The molecular weight excluding hydrogens is 172 g/mol. The van der Waals surface area contributed by atoms with Gasteiger partial charge in [0, 0.05) is 17.8 Å². The van der Waals surface area contributed by atoms with Gasteiger partial charge in [0.1, 0.15) is 0 Å². The van der Waals surface area contributed by atoms with Crippen LogP contribution in [0.1, 0.15) is 19.8 Å². The molecule has 0 saturated heterocycles. The Labute approximate surface area is 77.7 Å². The van der Waals surface area contributed by atoms with Gasteiger partial charge in [-0.3, -0.25) is 0 Å². The molecule has 2 N–H and O–H groups in total. The normalized spacial score (nSPS) is 18.5. The van der Waals surface area contributed by atoms with Crippen molar-refractivity contribution in [3.05, 3.63) is 0 Å². The Balaban J connectivity index is 2.06. The summed E-state index contributed by atoms with van der Waals surface area (Å²) in [6.07, 6.45) is 4.33. The maximum atomic E-state index is 11.1. The number of hydrogen-bond acceptors (Lipinski definition) is 2. The molecule has 0 heterocycles. The highest BCUT2D eigenvalue weighted by Crippen LogP contribution is 2.18. The third-order valence-electron chi connectivity index (χ3n) is 1.71. The number of thioether (sulfide) groups is 1. The summed E-state index contributed by atoms with van der Waals surface area (Å²) in [6.45, 7) is 2.02. The van der Waals surface area contributed by atoms with Crippen molar-refractivity contribution < 1.29 is 4.79 Å². The van der Waals surface area contributed by atoms with E-state index in [-0.39, 0.29) is 12.1 Å². The zero-order valence-corrected chi connectivity index (χ0v) is 8.41. The second kappa shape index (κ2) is 4.60. The number of urea groups is 1. The van der Waals surface area contributed by atoms with E-state index in [9.17, 15) is 4.79 Å². The number of amides is 2. The second-order valence-corrected chi connectivity index (χ2v) is 4.16. The maximum Gasteiger partial charge on any atom is 0.315 e. The van der Waals surface area contributed by atoms with Crippen LogP contribution >= 0.6 is 11.8 Å². The molecule has 4 heteroatoms. The molecule has 0 bridgehead atoms. The van der Waals surface area contributed by atoms with Crippen molar-refractivity contribution in [2.24, 2.45) is 0 Å². The van der Waals surface area contributed by atoms with Gasteiger partial charge < -0.3 is 10.6 Å². The molecular formula is C8H16N2OS. The minimum absolute atomic E-state index is 0.0148. The molecule has 1 fully saturated rings. The predicted octanol–water partition coefficient (Wildman–Crippen LogP) is 1.20. The molecule has 3 nitrogen and oxygen atoms in total. The number of rotatable bonds is 4. The molecule has 1 saturated carbocycles. The van der Waals surface area contributed by atoms with Crippen LogP contribution in [0.2, 0.25) is 0 Å². The highest BCUT2D eigenvalue weighted by Gasteiger charge is 2.23. The molecule has 1 aliphatic rings. The molecule has 1 unspecified atom stereocenters. The average Bonchev–Trinajstić information content (AvgIpc) is 2.71. The molecule has 0 aliphatic heterocycles. The van der Waals surface area contributed by atoms with Gasteiger partial charge in [-0.1, -0.05) is 0 Å². The summed E-state index contributed by atoms with van der Waals surface area (Å²) in [5, 5.41) is 5.77. The van der Waals surface area contributed by atoms with Crippen molar-refractivity contribution in [3.8, 4) is 0 Å². The fraction of sp³-hybridized carbons (Fsp3) is 0.875. The van der Waals surface area contributed by atoms with Crippen LogP contribution in [0.5, 0.6) is 0 Å². The van der Waals surface area contributed by atoms with E-state index in [1.165, 1.54) is 0 Å². The molecule has 0 radical (unpaired) electrons. The topological polar surface area (TPSA) is 41.1 Å². The highest BCUT2D eigenvalue weighted by atomic mass is 32.2. The number of carbonyl (C=O) groups excluding carboxylic acids is 1. The third-order valence-corrected chi connectivity index (χ3v) is 2.54. The predicted molar refractivity (Wildman–Crippen MR) is 52.5 cm³/mol. The average molecular weight is 188 g/mol. The van der Waals surface area contributed by atoms with Gasteiger partial charge in [-0.2, -0.15) is 11.8 Å². The Bertz CT molecular complexity index is 159. The highest BCUT2D eigenvalue weighted by molar-refractivity contribution is 7.98. The van der Waals surface area contributed by atoms with E-state index in [1.54, 1.807) is 11.8 Å². The summed E-state index contributed by atoms with van der Waals surface area (Å²) < 4.78 is 0. The Morgan fingerprint density at radius 3 is 2.83 bits per heavy atom. The van der Waals surface area contributed by atoms with Crippen molar-refractivity contribution >= 4 is 17.8 Å². The van der Waals surface area contributed by atoms with E-state index < -0.39 is 0 Å². The van der Waals surface area contributed by atoms with Gasteiger partial charge in [0.15, 0.2) is 0 Å². The first kappa shape index (κ1) is 9.71. The van der Waals surface area contributed by atoms with Crippen molar-refractivity contribution in [3.63, 3.8) is 0 Å². The zero-order chi connectivity index (χ0) is 8.97. The first-order chi connectivity index (χ1) is 5.72. The Kier molecular flexibility index (Phi) is 3.72. The Morgan fingerprint density at radius 1 is 1.67 bits per heavy atom. The summed E-state index contributed by atoms with van der Waals surface area (Å²) in [4.78, 5) is 11.1. The lowest BCUT2D eigenvalue weighted by atomic mass is 10.4. The molecule has 1 rings (SSSR count). The van der Waals surface area contributed by atoms with E-state index in [0.29, 0.717) is 6.04 Å². The molecule has 0 aromatic heterocycles. The van der Waals surface area contributed by atoms with Crippen LogP contribution in [0, 0.1) is 0 Å². The van der Waals surface area contributed by atoms with E-state index in [4.69, 9.17) is 0 Å². The summed E-state index contributed by atoms with van der Waals surface area (Å²) in [5.41, 5.74) is 0. The van der Waals surface area contributed by atoms with Crippen LogP contribution in [0.25, 0.3) is 0 Å². The minimum atomic E-state index is -0.0148. The summed E-state index contributed by atoms with van der Waals surface area (Å²) in [5.74, 6) is 0.970. The summed E-state index contributed by atoms with van der Waals surface area (Å²) in [6, 6.07) is 0.698. The van der Waals surface area contributed by atoms with Crippen LogP contribution in [-0.4, -0.2) is 30.1 Å². The lowest BCUT2D eigenvalue weighted by Gasteiger charge is -2.12. The first-order valence-electron chi connectivity index (χ1n) is 4.28. The van der Waals surface area contributed by atoms with E-state index in [0.717, 1.165) is 18.6 Å². The van der Waals surface area contributed by atoms with Crippen molar-refractivity contribution in [2.45, 2.75) is 31.8 Å². The summed E-state index contributed by atoms with van der Waals surface area (Å²) in [7, 11) is 0. The number of hydrogen-bond donors (Lipinski definition) is 2. The van der Waals surface area contributed by atoms with Gasteiger partial charge in [-0.15, -0.1) is 0 Å². The van der Waals surface area contributed by atoms with E-state index in [1.807, 2.05) is 13.2 Å². The monoisotopic (exact) mass is 188 g/mol. The SMILES string of the molecule is CSCC(C)NC(=O)NC1CC1. The Hall–Kier alpha value is -0.380. The minimum Gasteiger partial charge on any atom is -0.335 e. The molecule has 1 aliphatic carbocycles. The lowest BCUT2D eigenvalue weighted by Crippen LogP contribution is -2.42. The largest absolute Gasteiger partial charge is 0.335 e. The smallest absolute Gasteiger partial charge is 0.315 e. The molecule has 1 atom stereocenters. The van der Waals surface area contributed by atoms with Gasteiger partial charge in [-0.25, -0.2) is 4.79 Å². The van der Waals surface area contributed by atoms with Crippen molar-refractivity contribution in [2.75, 3.05) is 12.0 Å². The lowest BCUT2D eigenvalue weighted by molar-refractivity contribution is 0.238. The van der Waals surface area contributed by atoms with Gasteiger partial charge in [0.2, 0.25) is 0 Å². The van der Waals surface area contributed by atoms with Gasteiger partial charge in [0.25, 0.3) is 0 Å². The van der Waals surface area contributed by atoms with Crippen LogP contribution in [0.3, 0.4) is 0 Å². The van der Waals surface area contributed by atoms with Crippen LogP contribution in [-0.2, 0) is 0 Å². The molecule has 0 spiro atoms. The fourth-order valence-corrected chi connectivity index (χ4v) is 1.55. The maximum absolute atomic E-state index is 11.1. The zero-order valence-electron chi connectivity index (χ0n) is 7.59. The Morgan fingerprint density at radius 2 is 2.33 bits per heavy atom. The quantitative estimate of drug-likeness (QED) is 0.696. The molecule has 0 aromatic carbocycles. The third kappa shape index (κ3) is 3.85. The fourth-order valence-electron chi connectivity index (χ4n) is 0.970. The molecule has 0 aromatic rings. The molecule has 70 valence electrons. The van der Waals surface area contributed by atoms with Crippen molar-refractivity contribution in [1.82, 2.24) is 10.6 Å². The first-order valence-corrected chi connectivity index (χ1v) is 5.67. The van der Waals surface area contributed by atoms with Gasteiger partial charge >= 0.3 is 6.03 Å². The van der Waals surface area contributed by atoms with E-state index >= 15 is 0 Å². The number of carbonyl (C=O) groups is 1. The van der Waals surface area contributed by atoms with Crippen LogP contribution < -0.4 is 10.6 Å². The van der Waals surface area contributed by atoms with Gasteiger partial charge in [-0.05, 0) is 26.0 Å². The van der Waals surface area contributed by atoms with E-state index in [2.05, 4.69) is 10.6 Å².